The molecule has 5 heteroatoms. The lowest BCUT2D eigenvalue weighted by atomic mass is 10.1. The van der Waals surface area contributed by atoms with Crippen molar-refractivity contribution in [3.8, 4) is 11.5 Å². The smallest absolute Gasteiger partial charge is 0.132 e. The van der Waals surface area contributed by atoms with E-state index in [0.717, 1.165) is 69.4 Å². The van der Waals surface area contributed by atoms with Gasteiger partial charge in [-0.2, -0.15) is 0 Å². The lowest BCUT2D eigenvalue weighted by molar-refractivity contribution is 0.305. The SMILES string of the molecule is CCCCCCCCOc1cc(C)nc2sc3nc(C)cc(OCCCCCCCC)c3c12. The molecular weight excluding hydrogens is 428 g/mol. The summed E-state index contributed by atoms with van der Waals surface area (Å²) < 4.78 is 12.6. The summed E-state index contributed by atoms with van der Waals surface area (Å²) in [5.74, 6) is 1.85. The van der Waals surface area contributed by atoms with Crippen LogP contribution < -0.4 is 9.47 Å². The highest BCUT2D eigenvalue weighted by atomic mass is 32.1. The molecule has 182 valence electrons. The number of rotatable bonds is 16. The average Bonchev–Trinajstić information content (AvgIpc) is 3.15. The molecule has 3 aromatic heterocycles. The Bertz CT molecular complexity index is 920. The van der Waals surface area contributed by atoms with Gasteiger partial charge in [-0.25, -0.2) is 9.97 Å². The van der Waals surface area contributed by atoms with Crippen molar-refractivity contribution in [2.75, 3.05) is 13.2 Å². The van der Waals surface area contributed by atoms with Gasteiger partial charge in [-0.3, -0.25) is 0 Å². The molecule has 0 saturated carbocycles. The molecule has 0 atom stereocenters. The van der Waals surface area contributed by atoms with E-state index in [2.05, 4.69) is 26.0 Å². The molecule has 0 aliphatic carbocycles. The molecule has 0 aromatic carbocycles. The van der Waals surface area contributed by atoms with Crippen molar-refractivity contribution in [2.24, 2.45) is 0 Å². The van der Waals surface area contributed by atoms with E-state index in [0.29, 0.717) is 0 Å². The van der Waals surface area contributed by atoms with E-state index in [-0.39, 0.29) is 0 Å². The molecule has 0 saturated heterocycles. The summed E-state index contributed by atoms with van der Waals surface area (Å²) in [6.45, 7) is 10.1. The largest absolute Gasteiger partial charge is 0.493 e. The van der Waals surface area contributed by atoms with E-state index in [4.69, 9.17) is 19.4 Å². The number of hydrogen-bond donors (Lipinski definition) is 0. The molecule has 3 aromatic rings. The highest BCUT2D eigenvalue weighted by molar-refractivity contribution is 7.25. The third kappa shape index (κ3) is 7.56. The van der Waals surface area contributed by atoms with Gasteiger partial charge in [0.1, 0.15) is 21.2 Å². The van der Waals surface area contributed by atoms with Crippen LogP contribution in [0.4, 0.5) is 0 Å². The average molecular weight is 471 g/mol. The Balaban J connectivity index is 1.74. The summed E-state index contributed by atoms with van der Waals surface area (Å²) in [6, 6.07) is 4.14. The zero-order valence-corrected chi connectivity index (χ0v) is 22.0. The standard InChI is InChI=1S/C28H42N2O2S/c1-5-7-9-11-13-15-17-31-23-19-21(3)29-27-25(23)26-24(20-22(4)30-28(26)33-27)32-18-16-14-12-10-8-6-2/h19-20H,5-18H2,1-4H3. The molecule has 0 amide bonds. The molecule has 33 heavy (non-hydrogen) atoms. The zero-order chi connectivity index (χ0) is 23.5. The first-order chi connectivity index (χ1) is 16.1. The molecule has 0 aliphatic rings. The zero-order valence-electron chi connectivity index (χ0n) is 21.2. The first-order valence-electron chi connectivity index (χ1n) is 13.1. The van der Waals surface area contributed by atoms with Gasteiger partial charge in [0.05, 0.1) is 24.0 Å². The second-order valence-corrected chi connectivity index (χ2v) is 10.2. The van der Waals surface area contributed by atoms with E-state index in [1.165, 1.54) is 64.2 Å². The van der Waals surface area contributed by atoms with Crippen LogP contribution in [-0.2, 0) is 0 Å². The van der Waals surface area contributed by atoms with E-state index < -0.39 is 0 Å². The van der Waals surface area contributed by atoms with Crippen LogP contribution in [0.2, 0.25) is 0 Å². The molecule has 0 unspecified atom stereocenters. The molecule has 4 nitrogen and oxygen atoms in total. The van der Waals surface area contributed by atoms with Gasteiger partial charge in [0.15, 0.2) is 0 Å². The molecule has 0 aliphatic heterocycles. The van der Waals surface area contributed by atoms with Gasteiger partial charge < -0.3 is 9.47 Å². The second kappa shape index (κ2) is 13.7. The predicted molar refractivity (Wildman–Crippen MR) is 142 cm³/mol. The first kappa shape index (κ1) is 25.7. The summed E-state index contributed by atoms with van der Waals surface area (Å²) in [4.78, 5) is 11.6. The number of nitrogens with zero attached hydrogens (tertiary/aromatic N) is 2. The molecule has 0 spiro atoms. The number of pyridine rings is 2. The molecule has 0 bridgehead atoms. The summed E-state index contributed by atoms with van der Waals surface area (Å²) in [6.07, 6.45) is 15.1. The normalized spacial score (nSPS) is 11.5. The van der Waals surface area contributed by atoms with Gasteiger partial charge in [-0.1, -0.05) is 89.4 Å². The topological polar surface area (TPSA) is 44.2 Å². The predicted octanol–water partition coefficient (Wildman–Crippen LogP) is 8.94. The lowest BCUT2D eigenvalue weighted by Crippen LogP contribution is -2.00. The van der Waals surface area contributed by atoms with Crippen molar-refractivity contribution < 1.29 is 9.47 Å². The third-order valence-electron chi connectivity index (χ3n) is 6.11. The fraction of sp³-hybridized carbons (Fsp3) is 0.643. The van der Waals surface area contributed by atoms with Gasteiger partial charge in [0.25, 0.3) is 0 Å². The molecule has 3 rings (SSSR count). The quantitative estimate of drug-likeness (QED) is 0.196. The lowest BCUT2D eigenvalue weighted by Gasteiger charge is -2.12. The summed E-state index contributed by atoms with van der Waals surface area (Å²) >= 11 is 1.64. The first-order valence-corrected chi connectivity index (χ1v) is 13.9. The minimum Gasteiger partial charge on any atom is -0.493 e. The van der Waals surface area contributed by atoms with Crippen LogP contribution >= 0.6 is 11.3 Å². The highest BCUT2D eigenvalue weighted by Crippen LogP contribution is 2.43. The summed E-state index contributed by atoms with van der Waals surface area (Å²) in [5, 5.41) is 2.13. The van der Waals surface area contributed by atoms with Crippen LogP contribution in [0.3, 0.4) is 0 Å². The van der Waals surface area contributed by atoms with Crippen LogP contribution in [0.5, 0.6) is 11.5 Å². The van der Waals surface area contributed by atoms with E-state index in [1.54, 1.807) is 11.3 Å². The Morgan fingerprint density at radius 1 is 0.606 bits per heavy atom. The Morgan fingerprint density at radius 3 is 1.42 bits per heavy atom. The van der Waals surface area contributed by atoms with Crippen LogP contribution in [-0.4, -0.2) is 23.2 Å². The van der Waals surface area contributed by atoms with Crippen LogP contribution in [0.15, 0.2) is 12.1 Å². The van der Waals surface area contributed by atoms with Crippen molar-refractivity contribution >= 4 is 31.8 Å². The molecule has 0 radical (unpaired) electrons. The fourth-order valence-corrected chi connectivity index (χ4v) is 5.46. The van der Waals surface area contributed by atoms with Crippen molar-refractivity contribution in [1.29, 1.82) is 0 Å². The van der Waals surface area contributed by atoms with Crippen molar-refractivity contribution in [3.05, 3.63) is 23.5 Å². The number of unbranched alkanes of at least 4 members (excludes halogenated alkanes) is 10. The van der Waals surface area contributed by atoms with Crippen LogP contribution in [0.1, 0.15) is 102 Å². The van der Waals surface area contributed by atoms with E-state index in [1.807, 2.05) is 13.8 Å². The summed E-state index contributed by atoms with van der Waals surface area (Å²) in [7, 11) is 0. The minimum atomic E-state index is 0.745. The number of aryl methyl sites for hydroxylation is 2. The van der Waals surface area contributed by atoms with Crippen LogP contribution in [0.25, 0.3) is 20.4 Å². The molecular formula is C28H42N2O2S. The number of ether oxygens (including phenoxy) is 2. The van der Waals surface area contributed by atoms with E-state index >= 15 is 0 Å². The van der Waals surface area contributed by atoms with Crippen LogP contribution in [0, 0.1) is 13.8 Å². The number of fused-ring (bicyclic) bond motifs is 3. The second-order valence-electron chi connectivity index (χ2n) is 9.22. The van der Waals surface area contributed by atoms with Crippen molar-refractivity contribution in [2.45, 2.75) is 105 Å². The van der Waals surface area contributed by atoms with E-state index in [9.17, 15) is 0 Å². The number of hydrogen-bond acceptors (Lipinski definition) is 5. The maximum Gasteiger partial charge on any atom is 0.132 e. The fourth-order valence-electron chi connectivity index (χ4n) is 4.29. The number of aromatic nitrogens is 2. The maximum atomic E-state index is 6.32. The Labute approximate surface area is 204 Å². The monoisotopic (exact) mass is 470 g/mol. The molecule has 3 heterocycles. The van der Waals surface area contributed by atoms with Gasteiger partial charge in [0.2, 0.25) is 0 Å². The molecule has 0 fully saturated rings. The van der Waals surface area contributed by atoms with Gasteiger partial charge in [-0.15, -0.1) is 0 Å². The third-order valence-corrected chi connectivity index (χ3v) is 7.09. The Kier molecular flexibility index (Phi) is 10.7. The minimum absolute atomic E-state index is 0.745. The molecule has 0 N–H and O–H groups in total. The van der Waals surface area contributed by atoms with Crippen molar-refractivity contribution in [3.63, 3.8) is 0 Å². The Morgan fingerprint density at radius 2 is 1.00 bits per heavy atom. The summed E-state index contributed by atoms with van der Waals surface area (Å²) in [5.41, 5.74) is 1.97. The van der Waals surface area contributed by atoms with Gasteiger partial charge >= 0.3 is 0 Å². The Hall–Kier alpha value is -1.88. The maximum absolute atomic E-state index is 6.32. The van der Waals surface area contributed by atoms with Gasteiger partial charge in [-0.05, 0) is 26.7 Å². The van der Waals surface area contributed by atoms with Crippen molar-refractivity contribution in [1.82, 2.24) is 9.97 Å². The number of thiophene rings is 1. The van der Waals surface area contributed by atoms with Gasteiger partial charge in [0, 0.05) is 23.5 Å². The highest BCUT2D eigenvalue weighted by Gasteiger charge is 2.18.